The SMILES string of the molecule is COc1ccc2nc(N(Cc3ccccc3)C(=O)CSCc3ccccc3)sc2c1. The molecule has 0 aliphatic rings. The summed E-state index contributed by atoms with van der Waals surface area (Å²) in [4.78, 5) is 19.7. The van der Waals surface area contributed by atoms with Gasteiger partial charge in [0.1, 0.15) is 5.75 Å². The number of rotatable bonds is 8. The van der Waals surface area contributed by atoms with Gasteiger partial charge in [-0.3, -0.25) is 9.69 Å². The van der Waals surface area contributed by atoms with Crippen molar-refractivity contribution in [1.82, 2.24) is 4.98 Å². The van der Waals surface area contributed by atoms with E-state index in [0.717, 1.165) is 27.3 Å². The summed E-state index contributed by atoms with van der Waals surface area (Å²) in [5, 5.41) is 0.715. The number of nitrogens with zero attached hydrogens (tertiary/aromatic N) is 2. The average Bonchev–Trinajstić information content (AvgIpc) is 3.21. The van der Waals surface area contributed by atoms with Crippen molar-refractivity contribution in [3.63, 3.8) is 0 Å². The van der Waals surface area contributed by atoms with Crippen LogP contribution in [0.2, 0.25) is 0 Å². The zero-order valence-electron chi connectivity index (χ0n) is 16.7. The molecule has 0 unspecified atom stereocenters. The normalized spacial score (nSPS) is 10.8. The summed E-state index contributed by atoms with van der Waals surface area (Å²) >= 11 is 3.14. The zero-order chi connectivity index (χ0) is 20.8. The second kappa shape index (κ2) is 9.78. The van der Waals surface area contributed by atoms with E-state index >= 15 is 0 Å². The van der Waals surface area contributed by atoms with Gasteiger partial charge in [-0.05, 0) is 29.3 Å². The first kappa shape index (κ1) is 20.4. The van der Waals surface area contributed by atoms with Crippen molar-refractivity contribution in [1.29, 1.82) is 0 Å². The van der Waals surface area contributed by atoms with Gasteiger partial charge in [0.2, 0.25) is 5.91 Å². The summed E-state index contributed by atoms with van der Waals surface area (Å²) in [6.07, 6.45) is 0. The van der Waals surface area contributed by atoms with Crippen LogP contribution in [-0.4, -0.2) is 23.8 Å². The van der Waals surface area contributed by atoms with E-state index in [-0.39, 0.29) is 5.91 Å². The summed E-state index contributed by atoms with van der Waals surface area (Å²) < 4.78 is 6.33. The molecule has 0 spiro atoms. The molecule has 1 amide bonds. The van der Waals surface area contributed by atoms with Crippen LogP contribution in [0, 0.1) is 0 Å². The minimum atomic E-state index is 0.0609. The van der Waals surface area contributed by atoms with Crippen LogP contribution in [-0.2, 0) is 17.1 Å². The van der Waals surface area contributed by atoms with Gasteiger partial charge in [-0.2, -0.15) is 0 Å². The molecule has 30 heavy (non-hydrogen) atoms. The second-order valence-corrected chi connectivity index (χ2v) is 8.77. The van der Waals surface area contributed by atoms with Crippen LogP contribution in [0.4, 0.5) is 5.13 Å². The topological polar surface area (TPSA) is 42.4 Å². The third-order valence-electron chi connectivity index (χ3n) is 4.64. The molecule has 0 saturated heterocycles. The van der Waals surface area contributed by atoms with Gasteiger partial charge in [0.15, 0.2) is 5.13 Å². The Labute approximate surface area is 184 Å². The highest BCUT2D eigenvalue weighted by Gasteiger charge is 2.20. The van der Waals surface area contributed by atoms with Crippen LogP contribution in [0.1, 0.15) is 11.1 Å². The van der Waals surface area contributed by atoms with Crippen LogP contribution in [0.25, 0.3) is 10.2 Å². The van der Waals surface area contributed by atoms with Crippen molar-refractivity contribution in [3.8, 4) is 5.75 Å². The fourth-order valence-electron chi connectivity index (χ4n) is 3.07. The van der Waals surface area contributed by atoms with Crippen molar-refractivity contribution < 1.29 is 9.53 Å². The predicted octanol–water partition coefficient (Wildman–Crippen LogP) is 5.77. The van der Waals surface area contributed by atoms with Gasteiger partial charge in [0, 0.05) is 5.75 Å². The summed E-state index contributed by atoms with van der Waals surface area (Å²) in [7, 11) is 1.65. The lowest BCUT2D eigenvalue weighted by Crippen LogP contribution is -2.31. The molecule has 0 aliphatic carbocycles. The van der Waals surface area contributed by atoms with Crippen molar-refractivity contribution in [2.45, 2.75) is 12.3 Å². The molecule has 0 aliphatic heterocycles. The van der Waals surface area contributed by atoms with E-state index in [4.69, 9.17) is 9.72 Å². The number of hydrogen-bond acceptors (Lipinski definition) is 5. The van der Waals surface area contributed by atoms with Crippen LogP contribution in [0.3, 0.4) is 0 Å². The number of hydrogen-bond donors (Lipinski definition) is 0. The predicted molar refractivity (Wildman–Crippen MR) is 126 cm³/mol. The molecule has 0 fully saturated rings. The van der Waals surface area contributed by atoms with Crippen LogP contribution in [0.15, 0.2) is 78.9 Å². The standard InChI is InChI=1S/C24H22N2O2S2/c1-28-20-12-13-21-22(14-20)30-24(25-21)26(15-18-8-4-2-5-9-18)23(27)17-29-16-19-10-6-3-7-11-19/h2-14H,15-17H2,1H3. The number of aromatic nitrogens is 1. The number of thiazole rings is 1. The van der Waals surface area contributed by atoms with E-state index < -0.39 is 0 Å². The lowest BCUT2D eigenvalue weighted by molar-refractivity contribution is -0.116. The average molecular weight is 435 g/mol. The summed E-state index contributed by atoms with van der Waals surface area (Å²) in [5.41, 5.74) is 3.17. The number of thioether (sulfide) groups is 1. The smallest absolute Gasteiger partial charge is 0.239 e. The third kappa shape index (κ3) is 5.01. The van der Waals surface area contributed by atoms with Gasteiger partial charge in [-0.25, -0.2) is 4.98 Å². The van der Waals surface area contributed by atoms with Crippen LogP contribution < -0.4 is 9.64 Å². The molecule has 4 rings (SSSR count). The Kier molecular flexibility index (Phi) is 6.67. The van der Waals surface area contributed by atoms with Gasteiger partial charge in [-0.1, -0.05) is 72.0 Å². The Morgan fingerprint density at radius 1 is 1.00 bits per heavy atom. The number of amides is 1. The van der Waals surface area contributed by atoms with E-state index in [1.165, 1.54) is 16.9 Å². The quantitative estimate of drug-likeness (QED) is 0.353. The maximum atomic E-state index is 13.2. The van der Waals surface area contributed by atoms with Gasteiger partial charge < -0.3 is 4.74 Å². The van der Waals surface area contributed by atoms with E-state index in [1.54, 1.807) is 23.8 Å². The fourth-order valence-corrected chi connectivity index (χ4v) is 4.94. The second-order valence-electron chi connectivity index (χ2n) is 6.77. The van der Waals surface area contributed by atoms with Crippen molar-refractivity contribution >= 4 is 44.4 Å². The van der Waals surface area contributed by atoms with Gasteiger partial charge in [0.05, 0.1) is 29.6 Å². The Morgan fingerprint density at radius 2 is 1.70 bits per heavy atom. The Balaban J connectivity index is 1.55. The molecule has 0 bridgehead atoms. The number of methoxy groups -OCH3 is 1. The van der Waals surface area contributed by atoms with Gasteiger partial charge in [-0.15, -0.1) is 11.8 Å². The number of ether oxygens (including phenoxy) is 1. The Hall–Kier alpha value is -2.83. The molecule has 4 nitrogen and oxygen atoms in total. The lowest BCUT2D eigenvalue weighted by atomic mass is 10.2. The first-order valence-electron chi connectivity index (χ1n) is 9.63. The number of fused-ring (bicyclic) bond motifs is 1. The number of carbonyl (C=O) groups excluding carboxylic acids is 1. The fraction of sp³-hybridized carbons (Fsp3) is 0.167. The molecule has 0 radical (unpaired) electrons. The Bertz CT molecular complexity index is 1110. The highest BCUT2D eigenvalue weighted by atomic mass is 32.2. The third-order valence-corrected chi connectivity index (χ3v) is 6.67. The molecule has 1 aromatic heterocycles. The van der Waals surface area contributed by atoms with Crippen LogP contribution >= 0.6 is 23.1 Å². The highest BCUT2D eigenvalue weighted by molar-refractivity contribution is 7.99. The Morgan fingerprint density at radius 3 is 2.40 bits per heavy atom. The maximum absolute atomic E-state index is 13.2. The minimum absolute atomic E-state index is 0.0609. The van der Waals surface area contributed by atoms with Crippen LogP contribution in [0.5, 0.6) is 5.75 Å². The molecule has 6 heteroatoms. The van der Waals surface area contributed by atoms with Gasteiger partial charge >= 0.3 is 0 Å². The number of carbonyl (C=O) groups is 1. The van der Waals surface area contributed by atoms with E-state index in [0.29, 0.717) is 17.4 Å². The monoisotopic (exact) mass is 434 g/mol. The van der Waals surface area contributed by atoms with Crippen molar-refractivity contribution in [3.05, 3.63) is 90.0 Å². The molecular formula is C24H22N2O2S2. The molecule has 0 saturated carbocycles. The maximum Gasteiger partial charge on any atom is 0.239 e. The van der Waals surface area contributed by atoms with Crippen molar-refractivity contribution in [2.24, 2.45) is 0 Å². The van der Waals surface area contributed by atoms with E-state index in [2.05, 4.69) is 12.1 Å². The zero-order valence-corrected chi connectivity index (χ0v) is 18.3. The van der Waals surface area contributed by atoms with E-state index in [1.807, 2.05) is 66.7 Å². The largest absolute Gasteiger partial charge is 0.497 e. The first-order chi connectivity index (χ1) is 14.7. The molecule has 4 aromatic rings. The first-order valence-corrected chi connectivity index (χ1v) is 11.6. The molecular weight excluding hydrogens is 412 g/mol. The summed E-state index contributed by atoms with van der Waals surface area (Å²) in [6.45, 7) is 0.503. The summed E-state index contributed by atoms with van der Waals surface area (Å²) in [5.74, 6) is 2.06. The number of anilines is 1. The van der Waals surface area contributed by atoms with Crippen molar-refractivity contribution in [2.75, 3.05) is 17.8 Å². The van der Waals surface area contributed by atoms with E-state index in [9.17, 15) is 4.79 Å². The molecule has 3 aromatic carbocycles. The lowest BCUT2D eigenvalue weighted by Gasteiger charge is -2.20. The summed E-state index contributed by atoms with van der Waals surface area (Å²) in [6, 6.07) is 26.0. The highest BCUT2D eigenvalue weighted by Crippen LogP contribution is 2.32. The molecule has 1 heterocycles. The molecule has 0 N–H and O–H groups in total. The molecule has 0 atom stereocenters. The van der Waals surface area contributed by atoms with Gasteiger partial charge in [0.25, 0.3) is 0 Å². The minimum Gasteiger partial charge on any atom is -0.497 e. The molecule has 152 valence electrons. The number of benzene rings is 3.